The lowest BCUT2D eigenvalue weighted by molar-refractivity contribution is 0.608. The SMILES string of the molecule is CSCC(C)N(C)c1ccc(CNC2CC2)cc1F. The van der Waals surface area contributed by atoms with Gasteiger partial charge in [0.2, 0.25) is 0 Å². The summed E-state index contributed by atoms with van der Waals surface area (Å²) in [5.74, 6) is 0.881. The molecule has 1 aliphatic rings. The molecule has 1 atom stereocenters. The lowest BCUT2D eigenvalue weighted by atomic mass is 10.1. The third kappa shape index (κ3) is 4.11. The van der Waals surface area contributed by atoms with Crippen LogP contribution in [0.15, 0.2) is 18.2 Å². The Hall–Kier alpha value is -0.740. The van der Waals surface area contributed by atoms with Crippen LogP contribution in [0.1, 0.15) is 25.3 Å². The van der Waals surface area contributed by atoms with Crippen molar-refractivity contribution in [1.82, 2.24) is 5.32 Å². The summed E-state index contributed by atoms with van der Waals surface area (Å²) in [4.78, 5) is 2.02. The van der Waals surface area contributed by atoms with Gasteiger partial charge < -0.3 is 10.2 Å². The molecule has 2 nitrogen and oxygen atoms in total. The second-order valence-electron chi connectivity index (χ2n) is 5.36. The zero-order valence-corrected chi connectivity index (χ0v) is 12.8. The van der Waals surface area contributed by atoms with Gasteiger partial charge in [0.1, 0.15) is 5.82 Å². The molecule has 0 spiro atoms. The number of thioether (sulfide) groups is 1. The number of nitrogens with zero attached hydrogens (tertiary/aromatic N) is 1. The third-order valence-corrected chi connectivity index (χ3v) is 4.45. The molecule has 1 saturated carbocycles. The molecule has 1 unspecified atom stereocenters. The lowest BCUT2D eigenvalue weighted by Gasteiger charge is -2.27. The summed E-state index contributed by atoms with van der Waals surface area (Å²) in [5, 5.41) is 3.41. The van der Waals surface area contributed by atoms with Crippen molar-refractivity contribution in [3.05, 3.63) is 29.6 Å². The van der Waals surface area contributed by atoms with Crippen molar-refractivity contribution in [2.24, 2.45) is 0 Å². The number of nitrogens with one attached hydrogen (secondary N) is 1. The summed E-state index contributed by atoms with van der Waals surface area (Å²) < 4.78 is 14.2. The monoisotopic (exact) mass is 282 g/mol. The second kappa shape index (κ2) is 6.62. The van der Waals surface area contributed by atoms with Crippen molar-refractivity contribution in [2.45, 2.75) is 38.4 Å². The molecule has 1 fully saturated rings. The van der Waals surface area contributed by atoms with Crippen LogP contribution in [0.5, 0.6) is 0 Å². The van der Waals surface area contributed by atoms with Crippen molar-refractivity contribution in [2.75, 3.05) is 24.0 Å². The number of hydrogen-bond donors (Lipinski definition) is 1. The lowest BCUT2D eigenvalue weighted by Crippen LogP contribution is -2.31. The van der Waals surface area contributed by atoms with E-state index in [2.05, 4.69) is 18.5 Å². The van der Waals surface area contributed by atoms with E-state index in [1.54, 1.807) is 17.8 Å². The Balaban J connectivity index is 2.00. The largest absolute Gasteiger partial charge is 0.369 e. The fraction of sp³-hybridized carbons (Fsp3) is 0.600. The van der Waals surface area contributed by atoms with Crippen LogP contribution in [0, 0.1) is 5.82 Å². The normalized spacial score (nSPS) is 16.4. The fourth-order valence-corrected chi connectivity index (χ4v) is 2.79. The minimum atomic E-state index is -0.120. The minimum absolute atomic E-state index is 0.120. The van der Waals surface area contributed by atoms with Gasteiger partial charge in [-0.05, 0) is 43.7 Å². The zero-order chi connectivity index (χ0) is 13.8. The van der Waals surface area contributed by atoms with Gasteiger partial charge >= 0.3 is 0 Å². The maximum Gasteiger partial charge on any atom is 0.146 e. The van der Waals surface area contributed by atoms with Gasteiger partial charge in [0.15, 0.2) is 0 Å². The number of anilines is 1. The van der Waals surface area contributed by atoms with E-state index >= 15 is 0 Å². The average molecular weight is 282 g/mol. The standard InChI is InChI=1S/C15H23FN2S/c1-11(10-19-3)18(2)15-7-4-12(8-14(15)16)9-17-13-5-6-13/h4,7-8,11,13,17H,5-6,9-10H2,1-3H3. The Morgan fingerprint density at radius 2 is 2.21 bits per heavy atom. The van der Waals surface area contributed by atoms with Crippen LogP contribution in [0.2, 0.25) is 0 Å². The van der Waals surface area contributed by atoms with Crippen LogP contribution in [0.25, 0.3) is 0 Å². The van der Waals surface area contributed by atoms with E-state index in [1.807, 2.05) is 24.1 Å². The predicted molar refractivity (Wildman–Crippen MR) is 82.5 cm³/mol. The van der Waals surface area contributed by atoms with Gasteiger partial charge in [-0.3, -0.25) is 0 Å². The first kappa shape index (κ1) is 14.7. The van der Waals surface area contributed by atoms with Gasteiger partial charge in [0.05, 0.1) is 5.69 Å². The molecule has 0 amide bonds. The van der Waals surface area contributed by atoms with Crippen molar-refractivity contribution in [3.63, 3.8) is 0 Å². The van der Waals surface area contributed by atoms with Gasteiger partial charge in [-0.1, -0.05) is 6.07 Å². The highest BCUT2D eigenvalue weighted by Gasteiger charge is 2.20. The van der Waals surface area contributed by atoms with Crippen molar-refractivity contribution < 1.29 is 4.39 Å². The van der Waals surface area contributed by atoms with E-state index in [0.29, 0.717) is 17.8 Å². The van der Waals surface area contributed by atoms with E-state index in [4.69, 9.17) is 0 Å². The van der Waals surface area contributed by atoms with E-state index in [0.717, 1.165) is 17.9 Å². The van der Waals surface area contributed by atoms with Gasteiger partial charge in [0.25, 0.3) is 0 Å². The van der Waals surface area contributed by atoms with E-state index in [-0.39, 0.29) is 5.82 Å². The molecule has 1 aliphatic carbocycles. The van der Waals surface area contributed by atoms with E-state index in [1.165, 1.54) is 12.8 Å². The fourth-order valence-electron chi connectivity index (χ4n) is 2.09. The molecule has 106 valence electrons. The topological polar surface area (TPSA) is 15.3 Å². The Bertz CT molecular complexity index is 421. The molecule has 0 aromatic heterocycles. The number of rotatable bonds is 7. The Morgan fingerprint density at radius 3 is 2.79 bits per heavy atom. The zero-order valence-electron chi connectivity index (χ0n) is 11.9. The highest BCUT2D eigenvalue weighted by Crippen LogP contribution is 2.23. The van der Waals surface area contributed by atoms with E-state index in [9.17, 15) is 4.39 Å². The molecular formula is C15H23FN2S. The molecular weight excluding hydrogens is 259 g/mol. The Morgan fingerprint density at radius 1 is 1.47 bits per heavy atom. The van der Waals surface area contributed by atoms with Crippen LogP contribution in [-0.2, 0) is 6.54 Å². The third-order valence-electron chi connectivity index (χ3n) is 3.63. The second-order valence-corrected chi connectivity index (χ2v) is 6.27. The first-order valence-corrected chi connectivity index (χ1v) is 8.24. The summed E-state index contributed by atoms with van der Waals surface area (Å²) in [6.45, 7) is 2.89. The predicted octanol–water partition coefficient (Wildman–Crippen LogP) is 3.27. The molecule has 0 heterocycles. The number of halogens is 1. The summed E-state index contributed by atoms with van der Waals surface area (Å²) in [7, 11) is 1.96. The van der Waals surface area contributed by atoms with Crippen LogP contribution in [0.3, 0.4) is 0 Å². The minimum Gasteiger partial charge on any atom is -0.369 e. The first-order chi connectivity index (χ1) is 9.11. The highest BCUT2D eigenvalue weighted by atomic mass is 32.2. The molecule has 0 aliphatic heterocycles. The maximum atomic E-state index is 14.2. The quantitative estimate of drug-likeness (QED) is 0.826. The molecule has 0 radical (unpaired) electrons. The Kier molecular flexibility index (Phi) is 5.11. The summed E-state index contributed by atoms with van der Waals surface area (Å²) in [6.07, 6.45) is 4.60. The molecule has 1 aromatic rings. The molecule has 2 rings (SSSR count). The number of benzene rings is 1. The van der Waals surface area contributed by atoms with Crippen molar-refractivity contribution in [1.29, 1.82) is 0 Å². The highest BCUT2D eigenvalue weighted by molar-refractivity contribution is 7.98. The Labute approximate surface area is 119 Å². The van der Waals surface area contributed by atoms with Crippen LogP contribution in [0.4, 0.5) is 10.1 Å². The first-order valence-electron chi connectivity index (χ1n) is 6.85. The summed E-state index contributed by atoms with van der Waals surface area (Å²) in [5.41, 5.74) is 1.72. The molecule has 19 heavy (non-hydrogen) atoms. The number of hydrogen-bond acceptors (Lipinski definition) is 3. The summed E-state index contributed by atoms with van der Waals surface area (Å²) >= 11 is 1.79. The molecule has 4 heteroatoms. The van der Waals surface area contributed by atoms with Crippen LogP contribution < -0.4 is 10.2 Å². The molecule has 0 bridgehead atoms. The molecule has 1 aromatic carbocycles. The smallest absolute Gasteiger partial charge is 0.146 e. The van der Waals surface area contributed by atoms with Gasteiger partial charge in [0, 0.05) is 31.4 Å². The van der Waals surface area contributed by atoms with E-state index < -0.39 is 0 Å². The van der Waals surface area contributed by atoms with Gasteiger partial charge in [-0.2, -0.15) is 11.8 Å². The molecule has 1 N–H and O–H groups in total. The van der Waals surface area contributed by atoms with Crippen LogP contribution >= 0.6 is 11.8 Å². The van der Waals surface area contributed by atoms with Crippen molar-refractivity contribution in [3.8, 4) is 0 Å². The molecule has 0 saturated heterocycles. The maximum absolute atomic E-state index is 14.2. The average Bonchev–Trinajstić information content (AvgIpc) is 3.20. The van der Waals surface area contributed by atoms with Gasteiger partial charge in [-0.15, -0.1) is 0 Å². The van der Waals surface area contributed by atoms with Gasteiger partial charge in [-0.25, -0.2) is 4.39 Å². The summed E-state index contributed by atoms with van der Waals surface area (Å²) in [6, 6.07) is 6.58. The van der Waals surface area contributed by atoms with Crippen molar-refractivity contribution >= 4 is 17.4 Å². The van der Waals surface area contributed by atoms with Crippen LogP contribution in [-0.4, -0.2) is 31.1 Å².